The number of ether oxygens (including phenoxy) is 1. The van der Waals surface area contributed by atoms with E-state index in [0.717, 1.165) is 38.5 Å². The molecule has 0 aliphatic carbocycles. The van der Waals surface area contributed by atoms with E-state index in [2.05, 4.69) is 100 Å². The molecule has 1 unspecified atom stereocenters. The average molecular weight is 502 g/mol. The van der Waals surface area contributed by atoms with Gasteiger partial charge in [-0.15, -0.1) is 36.2 Å². The van der Waals surface area contributed by atoms with E-state index in [1.54, 1.807) is 11.3 Å². The number of hydrogen-bond donors (Lipinski definition) is 0. The number of halogens is 2. The van der Waals surface area contributed by atoms with E-state index in [1.807, 2.05) is 0 Å². The molecule has 174 valence electrons. The number of nitrogens with zero attached hydrogens (tertiary/aromatic N) is 2. The Morgan fingerprint density at radius 3 is 2.18 bits per heavy atom. The van der Waals surface area contributed by atoms with Crippen LogP contribution in [0.1, 0.15) is 11.1 Å². The molecule has 0 spiro atoms. The van der Waals surface area contributed by atoms with E-state index in [-0.39, 0.29) is 24.8 Å². The Labute approximate surface area is 212 Å². The van der Waals surface area contributed by atoms with E-state index in [9.17, 15) is 0 Å². The van der Waals surface area contributed by atoms with Crippen molar-refractivity contribution in [2.45, 2.75) is 19.1 Å². The minimum absolute atomic E-state index is 0. The van der Waals surface area contributed by atoms with Crippen LogP contribution in [-0.4, -0.2) is 42.1 Å². The van der Waals surface area contributed by atoms with Gasteiger partial charge in [0.05, 0.1) is 6.04 Å². The number of thiophene rings is 1. The number of piperazine rings is 1. The fourth-order valence-corrected chi connectivity index (χ4v) is 5.21. The van der Waals surface area contributed by atoms with E-state index in [1.165, 1.54) is 21.2 Å². The summed E-state index contributed by atoms with van der Waals surface area (Å²) in [6.45, 7) is 5.82. The van der Waals surface area contributed by atoms with Crippen LogP contribution in [-0.2, 0) is 13.1 Å². The van der Waals surface area contributed by atoms with Crippen LogP contribution in [0.2, 0.25) is 0 Å². The van der Waals surface area contributed by atoms with Crippen LogP contribution in [0.4, 0.5) is 0 Å². The van der Waals surface area contributed by atoms with Gasteiger partial charge in [-0.25, -0.2) is 0 Å². The van der Waals surface area contributed by atoms with Gasteiger partial charge in [0.25, 0.3) is 0 Å². The summed E-state index contributed by atoms with van der Waals surface area (Å²) in [5.74, 6) is 0.999. The van der Waals surface area contributed by atoms with E-state index in [0.29, 0.717) is 12.6 Å². The minimum Gasteiger partial charge on any atom is -0.491 e. The molecule has 0 bridgehead atoms. The Morgan fingerprint density at radius 2 is 1.45 bits per heavy atom. The molecule has 1 aliphatic heterocycles. The van der Waals surface area contributed by atoms with E-state index >= 15 is 0 Å². The molecule has 0 amide bonds. The summed E-state index contributed by atoms with van der Waals surface area (Å²) in [4.78, 5) is 5.15. The smallest absolute Gasteiger partial charge is 0.128 e. The van der Waals surface area contributed by atoms with Gasteiger partial charge >= 0.3 is 0 Å². The molecule has 3 aromatic carbocycles. The fraction of sp³-hybridized carbons (Fsp3) is 0.259. The third kappa shape index (κ3) is 6.50. The van der Waals surface area contributed by atoms with Crippen molar-refractivity contribution in [1.29, 1.82) is 0 Å². The predicted octanol–water partition coefficient (Wildman–Crippen LogP) is 6.51. The molecule has 3 nitrogen and oxygen atoms in total. The largest absolute Gasteiger partial charge is 0.491 e. The molecule has 6 heteroatoms. The van der Waals surface area contributed by atoms with Crippen molar-refractivity contribution in [2.24, 2.45) is 0 Å². The van der Waals surface area contributed by atoms with Crippen molar-refractivity contribution in [1.82, 2.24) is 9.80 Å². The lowest BCUT2D eigenvalue weighted by Gasteiger charge is -2.41. The van der Waals surface area contributed by atoms with Crippen molar-refractivity contribution in [3.8, 4) is 5.75 Å². The molecular weight excluding hydrogens is 471 g/mol. The second kappa shape index (κ2) is 12.4. The van der Waals surface area contributed by atoms with Crippen LogP contribution in [0.3, 0.4) is 0 Å². The van der Waals surface area contributed by atoms with Gasteiger partial charge < -0.3 is 4.74 Å². The molecule has 1 saturated heterocycles. The summed E-state index contributed by atoms with van der Waals surface area (Å²) in [7, 11) is 0. The molecule has 0 saturated carbocycles. The summed E-state index contributed by atoms with van der Waals surface area (Å²) in [6.07, 6.45) is 0. The summed E-state index contributed by atoms with van der Waals surface area (Å²) >= 11 is 1.77. The van der Waals surface area contributed by atoms with Crippen LogP contribution in [0, 0.1) is 0 Å². The summed E-state index contributed by atoms with van der Waals surface area (Å²) < 4.78 is 7.71. The second-order valence-corrected chi connectivity index (χ2v) is 9.18. The van der Waals surface area contributed by atoms with Crippen molar-refractivity contribution in [3.63, 3.8) is 0 Å². The van der Waals surface area contributed by atoms with Gasteiger partial charge in [0.1, 0.15) is 12.4 Å². The van der Waals surface area contributed by atoms with Gasteiger partial charge in [0, 0.05) is 42.8 Å². The maximum Gasteiger partial charge on any atom is 0.128 e. The zero-order valence-electron chi connectivity index (χ0n) is 18.5. The quantitative estimate of drug-likeness (QED) is 0.287. The van der Waals surface area contributed by atoms with Gasteiger partial charge in [0.2, 0.25) is 0 Å². The number of fused-ring (bicyclic) bond motifs is 1. The zero-order chi connectivity index (χ0) is 20.9. The highest BCUT2D eigenvalue weighted by Gasteiger charge is 2.28. The maximum absolute atomic E-state index is 6.42. The van der Waals surface area contributed by atoms with E-state index in [4.69, 9.17) is 4.74 Å². The van der Waals surface area contributed by atoms with Crippen molar-refractivity contribution in [2.75, 3.05) is 26.2 Å². The first-order valence-electron chi connectivity index (χ1n) is 11.0. The van der Waals surface area contributed by atoms with Crippen molar-refractivity contribution in [3.05, 3.63) is 101 Å². The molecule has 1 aliphatic rings. The number of benzene rings is 3. The third-order valence-electron chi connectivity index (χ3n) is 6.05. The number of rotatable bonds is 7. The molecular formula is C27H30Cl2N2OS. The van der Waals surface area contributed by atoms with Crippen LogP contribution < -0.4 is 4.74 Å². The Bertz CT molecular complexity index is 1110. The Hall–Kier alpha value is -2.08. The molecule has 4 aromatic rings. The van der Waals surface area contributed by atoms with Gasteiger partial charge in [-0.3, -0.25) is 9.80 Å². The van der Waals surface area contributed by atoms with Crippen molar-refractivity contribution < 1.29 is 4.74 Å². The first kappa shape index (κ1) is 25.5. The molecule has 33 heavy (non-hydrogen) atoms. The fourth-order valence-electron chi connectivity index (χ4n) is 4.40. The van der Waals surface area contributed by atoms with Crippen LogP contribution in [0.15, 0.2) is 90.3 Å². The van der Waals surface area contributed by atoms with Gasteiger partial charge in [0.15, 0.2) is 0 Å². The standard InChI is InChI=1S/C27H28N2OS.2ClH/c1-3-8-22(9-4-1)18-28-15-16-29(19-23-10-5-2-6-11-23)24(20-28)21-30-26-12-7-13-27-25(26)14-17-31-27;;/h1-14,17,24H,15-16,18-21H2;2*1H. The minimum atomic E-state index is 0. The Morgan fingerprint density at radius 1 is 0.758 bits per heavy atom. The summed E-state index contributed by atoms with van der Waals surface area (Å²) in [6, 6.07) is 30.5. The SMILES string of the molecule is Cl.Cl.c1ccc(CN2CCN(Cc3ccccc3)C(COc3cccc4sccc34)C2)cc1. The summed E-state index contributed by atoms with van der Waals surface area (Å²) in [5, 5.41) is 3.36. The van der Waals surface area contributed by atoms with Gasteiger partial charge in [-0.05, 0) is 34.7 Å². The number of hydrogen-bond acceptors (Lipinski definition) is 4. The highest BCUT2D eigenvalue weighted by Crippen LogP contribution is 2.30. The molecule has 5 rings (SSSR count). The molecule has 0 N–H and O–H groups in total. The van der Waals surface area contributed by atoms with Crippen LogP contribution in [0.25, 0.3) is 10.1 Å². The lowest BCUT2D eigenvalue weighted by atomic mass is 10.1. The predicted molar refractivity (Wildman–Crippen MR) is 144 cm³/mol. The second-order valence-electron chi connectivity index (χ2n) is 8.23. The highest BCUT2D eigenvalue weighted by atomic mass is 35.5. The monoisotopic (exact) mass is 500 g/mol. The maximum atomic E-state index is 6.42. The van der Waals surface area contributed by atoms with Crippen LogP contribution in [0.5, 0.6) is 5.75 Å². The topological polar surface area (TPSA) is 15.7 Å². The molecule has 1 atom stereocenters. The van der Waals surface area contributed by atoms with Crippen molar-refractivity contribution >= 4 is 46.2 Å². The average Bonchev–Trinajstić information content (AvgIpc) is 3.30. The van der Waals surface area contributed by atoms with E-state index < -0.39 is 0 Å². The Kier molecular flexibility index (Phi) is 9.60. The lowest BCUT2D eigenvalue weighted by molar-refractivity contribution is 0.0379. The first-order valence-corrected chi connectivity index (χ1v) is 11.9. The normalized spacial score (nSPS) is 16.7. The Balaban J connectivity index is 0.00000153. The lowest BCUT2D eigenvalue weighted by Crippen LogP contribution is -2.54. The van der Waals surface area contributed by atoms with Crippen LogP contribution >= 0.6 is 36.2 Å². The summed E-state index contributed by atoms with van der Waals surface area (Å²) in [5.41, 5.74) is 2.74. The first-order chi connectivity index (χ1) is 15.3. The van der Waals surface area contributed by atoms with Gasteiger partial charge in [-0.2, -0.15) is 0 Å². The molecule has 2 heterocycles. The third-order valence-corrected chi connectivity index (χ3v) is 6.94. The zero-order valence-corrected chi connectivity index (χ0v) is 21.0. The molecule has 1 fully saturated rings. The molecule has 0 radical (unpaired) electrons. The highest BCUT2D eigenvalue weighted by molar-refractivity contribution is 7.17. The molecule has 1 aromatic heterocycles. The van der Waals surface area contributed by atoms with Gasteiger partial charge in [-0.1, -0.05) is 66.7 Å².